The van der Waals surface area contributed by atoms with E-state index in [-0.39, 0.29) is 0 Å². The van der Waals surface area contributed by atoms with E-state index in [1.807, 2.05) is 18.8 Å². The molecule has 0 aliphatic heterocycles. The number of hydrogen-bond acceptors (Lipinski definition) is 2. The number of rotatable bonds is 3. The molecule has 0 aliphatic carbocycles. The van der Waals surface area contributed by atoms with Crippen LogP contribution < -0.4 is 5.32 Å². The predicted molar refractivity (Wildman–Crippen MR) is 48.3 cm³/mol. The minimum atomic E-state index is 1.07. The molecular weight excluding hydrogens is 130 g/mol. The second-order valence-electron chi connectivity index (χ2n) is 1.70. The molecule has 0 saturated carbocycles. The van der Waals surface area contributed by atoms with Crippen LogP contribution in [0.25, 0.3) is 0 Å². The zero-order chi connectivity index (χ0) is 7.54. The maximum absolute atomic E-state index is 2.93. The van der Waals surface area contributed by atoms with E-state index in [1.165, 1.54) is 12.2 Å². The van der Waals surface area contributed by atoms with Crippen LogP contribution in [0.5, 0.6) is 0 Å². The third kappa shape index (κ3) is 30.2. The van der Waals surface area contributed by atoms with Gasteiger partial charge in [-0.05, 0) is 32.0 Å². The highest BCUT2D eigenvalue weighted by Gasteiger charge is 1.67. The van der Waals surface area contributed by atoms with Crippen molar-refractivity contribution in [1.29, 1.82) is 0 Å². The average molecular weight is 149 g/mol. The highest BCUT2D eigenvalue weighted by atomic mass is 32.2. The summed E-state index contributed by atoms with van der Waals surface area (Å²) < 4.78 is 0. The van der Waals surface area contributed by atoms with Gasteiger partial charge in [-0.2, -0.15) is 11.8 Å². The Morgan fingerprint density at radius 3 is 1.78 bits per heavy atom. The molecule has 0 heterocycles. The Morgan fingerprint density at radius 2 is 1.78 bits per heavy atom. The molecule has 0 rings (SSSR count). The van der Waals surface area contributed by atoms with Crippen molar-refractivity contribution in [1.82, 2.24) is 5.32 Å². The van der Waals surface area contributed by atoms with Gasteiger partial charge >= 0.3 is 0 Å². The average Bonchev–Trinajstić information content (AvgIpc) is 1.91. The predicted octanol–water partition coefficient (Wildman–Crippen LogP) is 1.99. The van der Waals surface area contributed by atoms with Crippen LogP contribution in [0.1, 0.15) is 20.3 Å². The fourth-order valence-corrected chi connectivity index (χ4v) is 0.612. The molecule has 0 spiro atoms. The summed E-state index contributed by atoms with van der Waals surface area (Å²) in [5.74, 6) is 1.31. The molecule has 0 aromatic carbocycles. The first kappa shape index (κ1) is 12.0. The number of hydrogen-bond donors (Lipinski definition) is 1. The molecule has 9 heavy (non-hydrogen) atoms. The second kappa shape index (κ2) is 15.7. The molecule has 0 radical (unpaired) electrons. The molecule has 2 heteroatoms. The summed E-state index contributed by atoms with van der Waals surface area (Å²) in [6, 6.07) is 0. The molecule has 0 saturated heterocycles. The molecule has 1 nitrogen and oxygen atoms in total. The van der Waals surface area contributed by atoms with Crippen LogP contribution in [0.4, 0.5) is 0 Å². The van der Waals surface area contributed by atoms with Crippen LogP contribution in [-0.2, 0) is 0 Å². The van der Waals surface area contributed by atoms with Crippen molar-refractivity contribution in [2.45, 2.75) is 20.3 Å². The Balaban J connectivity index is 0. The first-order valence-corrected chi connectivity index (χ1v) is 4.86. The first-order chi connectivity index (χ1) is 4.33. The molecule has 0 aliphatic rings. The van der Waals surface area contributed by atoms with E-state index in [4.69, 9.17) is 0 Å². The van der Waals surface area contributed by atoms with E-state index >= 15 is 0 Å². The molecule has 0 unspecified atom stereocenters. The first-order valence-electron chi connectivity index (χ1n) is 3.46. The molecule has 1 N–H and O–H groups in total. The van der Waals surface area contributed by atoms with Gasteiger partial charge in [-0.15, -0.1) is 0 Å². The van der Waals surface area contributed by atoms with Gasteiger partial charge in [0.05, 0.1) is 0 Å². The maximum atomic E-state index is 2.93. The van der Waals surface area contributed by atoms with Crippen molar-refractivity contribution in [2.75, 3.05) is 25.6 Å². The number of nitrogens with one attached hydrogen (secondary N) is 1. The van der Waals surface area contributed by atoms with Gasteiger partial charge in [-0.3, -0.25) is 0 Å². The number of thioether (sulfide) groups is 1. The molecule has 58 valence electrons. The van der Waals surface area contributed by atoms with Crippen molar-refractivity contribution in [3.8, 4) is 0 Å². The van der Waals surface area contributed by atoms with Crippen LogP contribution in [0, 0.1) is 0 Å². The Labute approximate surface area is 63.6 Å². The summed E-state index contributed by atoms with van der Waals surface area (Å²) in [6.07, 6.45) is 3.44. The lowest BCUT2D eigenvalue weighted by Crippen LogP contribution is -2.01. The second-order valence-corrected chi connectivity index (χ2v) is 2.69. The Bertz CT molecular complexity index is 28.1. The maximum Gasteiger partial charge on any atom is -0.00729 e. The molecule has 0 amide bonds. The van der Waals surface area contributed by atoms with E-state index in [0.29, 0.717) is 0 Å². The standard InChI is InChI=1S/C4H10S.C3H9N/c1-3-4-5-2;1-3-4-2/h3-4H2,1-2H3;4H,3H2,1-2H3. The quantitative estimate of drug-likeness (QED) is 0.658. The summed E-state index contributed by atoms with van der Waals surface area (Å²) in [7, 11) is 1.93. The zero-order valence-electron chi connectivity index (χ0n) is 7.03. The molecule has 0 bridgehead atoms. The zero-order valence-corrected chi connectivity index (χ0v) is 7.85. The molecular formula is C7H19NS. The summed E-state index contributed by atoms with van der Waals surface area (Å²) >= 11 is 1.90. The molecule has 0 fully saturated rings. The van der Waals surface area contributed by atoms with E-state index in [0.717, 1.165) is 6.54 Å². The van der Waals surface area contributed by atoms with Gasteiger partial charge in [0.2, 0.25) is 0 Å². The normalized spacial score (nSPS) is 8.00. The third-order valence-corrected chi connectivity index (χ3v) is 1.58. The van der Waals surface area contributed by atoms with Gasteiger partial charge in [0, 0.05) is 0 Å². The Kier molecular flexibility index (Phi) is 21.1. The van der Waals surface area contributed by atoms with Gasteiger partial charge in [0.1, 0.15) is 0 Å². The summed E-state index contributed by atoms with van der Waals surface area (Å²) in [5, 5.41) is 2.93. The van der Waals surface area contributed by atoms with Crippen LogP contribution >= 0.6 is 11.8 Å². The fraction of sp³-hybridized carbons (Fsp3) is 1.00. The minimum absolute atomic E-state index is 1.07. The van der Waals surface area contributed by atoms with Gasteiger partial charge in [0.25, 0.3) is 0 Å². The van der Waals surface area contributed by atoms with Crippen molar-refractivity contribution in [3.63, 3.8) is 0 Å². The van der Waals surface area contributed by atoms with E-state index in [9.17, 15) is 0 Å². The van der Waals surface area contributed by atoms with Crippen LogP contribution in [0.15, 0.2) is 0 Å². The van der Waals surface area contributed by atoms with Gasteiger partial charge < -0.3 is 5.32 Å². The van der Waals surface area contributed by atoms with E-state index in [1.54, 1.807) is 0 Å². The van der Waals surface area contributed by atoms with E-state index < -0.39 is 0 Å². The van der Waals surface area contributed by atoms with Gasteiger partial charge in [-0.1, -0.05) is 13.8 Å². The van der Waals surface area contributed by atoms with Gasteiger partial charge in [0.15, 0.2) is 0 Å². The fourth-order valence-electron chi connectivity index (χ4n) is 0.204. The van der Waals surface area contributed by atoms with Crippen molar-refractivity contribution in [2.24, 2.45) is 0 Å². The molecule has 0 aromatic rings. The van der Waals surface area contributed by atoms with Crippen molar-refractivity contribution >= 4 is 11.8 Å². The summed E-state index contributed by atoms with van der Waals surface area (Å²) in [6.45, 7) is 5.33. The minimum Gasteiger partial charge on any atom is -0.320 e. The smallest absolute Gasteiger partial charge is 0.00729 e. The lowest BCUT2D eigenvalue weighted by atomic mass is 10.6. The van der Waals surface area contributed by atoms with Crippen molar-refractivity contribution < 1.29 is 0 Å². The van der Waals surface area contributed by atoms with Crippen LogP contribution in [0.3, 0.4) is 0 Å². The van der Waals surface area contributed by atoms with Gasteiger partial charge in [-0.25, -0.2) is 0 Å². The largest absolute Gasteiger partial charge is 0.320 e. The lowest BCUT2D eigenvalue weighted by Gasteiger charge is -1.80. The Morgan fingerprint density at radius 1 is 1.33 bits per heavy atom. The Hall–Kier alpha value is 0.310. The van der Waals surface area contributed by atoms with E-state index in [2.05, 4.69) is 25.4 Å². The monoisotopic (exact) mass is 149 g/mol. The van der Waals surface area contributed by atoms with Crippen molar-refractivity contribution in [3.05, 3.63) is 0 Å². The molecule has 0 atom stereocenters. The third-order valence-electron chi connectivity index (χ3n) is 0.762. The SMILES string of the molecule is CCCSC.CCNC. The molecule has 0 aromatic heterocycles. The summed E-state index contributed by atoms with van der Waals surface area (Å²) in [5.41, 5.74) is 0. The highest BCUT2D eigenvalue weighted by Crippen LogP contribution is 1.91. The van der Waals surface area contributed by atoms with Crippen LogP contribution in [0.2, 0.25) is 0 Å². The summed E-state index contributed by atoms with van der Waals surface area (Å²) in [4.78, 5) is 0. The lowest BCUT2D eigenvalue weighted by molar-refractivity contribution is 0.864. The topological polar surface area (TPSA) is 12.0 Å². The van der Waals surface area contributed by atoms with Crippen LogP contribution in [-0.4, -0.2) is 25.6 Å². The highest BCUT2D eigenvalue weighted by molar-refractivity contribution is 7.98.